The fraction of sp³-hybridized carbons (Fsp3) is 0.200. The van der Waals surface area contributed by atoms with Crippen LogP contribution in [0.3, 0.4) is 0 Å². The van der Waals surface area contributed by atoms with Gasteiger partial charge in [0.1, 0.15) is 11.5 Å². The Balaban J connectivity index is 1.59. The molecule has 3 heterocycles. The molecule has 0 spiro atoms. The predicted molar refractivity (Wildman–Crippen MR) is 81.1 cm³/mol. The number of nitrogens with zero attached hydrogens (tertiary/aromatic N) is 4. The molecule has 22 heavy (non-hydrogen) atoms. The summed E-state index contributed by atoms with van der Waals surface area (Å²) in [6, 6.07) is 5.44. The van der Waals surface area contributed by atoms with Crippen LogP contribution in [0.25, 0.3) is 11.3 Å². The zero-order valence-electron chi connectivity index (χ0n) is 12.2. The maximum absolute atomic E-state index is 12.1. The maximum atomic E-state index is 12.1. The Bertz CT molecular complexity index is 761. The lowest BCUT2D eigenvalue weighted by atomic mass is 10.2. The summed E-state index contributed by atoms with van der Waals surface area (Å²) in [5.74, 6) is 0.745. The van der Waals surface area contributed by atoms with Crippen LogP contribution < -0.4 is 5.32 Å². The van der Waals surface area contributed by atoms with Crippen LogP contribution in [0.15, 0.2) is 43.0 Å². The average molecular weight is 296 g/mol. The third-order valence-corrected chi connectivity index (χ3v) is 3.34. The van der Waals surface area contributed by atoms with Crippen LogP contribution in [-0.4, -0.2) is 37.2 Å². The third-order valence-electron chi connectivity index (χ3n) is 3.34. The number of aryl methyl sites for hydroxylation is 1. The lowest BCUT2D eigenvalue weighted by molar-refractivity contribution is 0.0947. The van der Waals surface area contributed by atoms with Crippen LogP contribution in [0.4, 0.5) is 0 Å². The van der Waals surface area contributed by atoms with Gasteiger partial charge in [-0.3, -0.25) is 14.9 Å². The van der Waals surface area contributed by atoms with E-state index in [9.17, 15) is 4.79 Å². The second kappa shape index (κ2) is 6.21. The van der Waals surface area contributed by atoms with Gasteiger partial charge < -0.3 is 9.88 Å². The smallest absolute Gasteiger partial charge is 0.269 e. The largest absolute Gasteiger partial charge is 0.349 e. The first-order valence-electron chi connectivity index (χ1n) is 6.96. The van der Waals surface area contributed by atoms with Crippen LogP contribution in [0.1, 0.15) is 16.3 Å². The van der Waals surface area contributed by atoms with E-state index >= 15 is 0 Å². The Kier molecular flexibility index (Phi) is 3.95. The number of carbonyl (C=O) groups excluding carboxylic acids is 1. The molecule has 0 aromatic carbocycles. The van der Waals surface area contributed by atoms with Crippen LogP contribution in [0.5, 0.6) is 0 Å². The highest BCUT2D eigenvalue weighted by Crippen LogP contribution is 2.15. The lowest BCUT2D eigenvalue weighted by Gasteiger charge is -2.06. The van der Waals surface area contributed by atoms with E-state index < -0.39 is 0 Å². The molecule has 0 saturated carbocycles. The zero-order chi connectivity index (χ0) is 15.4. The van der Waals surface area contributed by atoms with Crippen molar-refractivity contribution in [3.05, 3.63) is 54.5 Å². The van der Waals surface area contributed by atoms with Crippen LogP contribution in [0.2, 0.25) is 0 Å². The number of pyridine rings is 1. The number of hydrogen-bond donors (Lipinski definition) is 2. The van der Waals surface area contributed by atoms with Crippen molar-refractivity contribution in [2.24, 2.45) is 0 Å². The topological polar surface area (TPSA) is 88.5 Å². The molecule has 3 rings (SSSR count). The van der Waals surface area contributed by atoms with Gasteiger partial charge in [-0.1, -0.05) is 0 Å². The van der Waals surface area contributed by atoms with E-state index in [1.54, 1.807) is 24.7 Å². The minimum Gasteiger partial charge on any atom is -0.349 e. The molecule has 7 heteroatoms. The van der Waals surface area contributed by atoms with Gasteiger partial charge in [-0.2, -0.15) is 5.10 Å². The first-order valence-corrected chi connectivity index (χ1v) is 6.96. The number of aromatic nitrogens is 5. The summed E-state index contributed by atoms with van der Waals surface area (Å²) in [4.78, 5) is 20.3. The van der Waals surface area contributed by atoms with E-state index in [1.165, 1.54) is 0 Å². The van der Waals surface area contributed by atoms with Gasteiger partial charge in [0.05, 0.1) is 5.69 Å². The van der Waals surface area contributed by atoms with Crippen molar-refractivity contribution in [2.75, 3.05) is 6.54 Å². The Morgan fingerprint density at radius 1 is 1.41 bits per heavy atom. The Hall–Kier alpha value is -2.96. The average Bonchev–Trinajstić information content (AvgIpc) is 3.18. The SMILES string of the molecule is Cc1nccn1CCNC(=O)c1cc(-c2cccnc2)n[nH]1. The summed E-state index contributed by atoms with van der Waals surface area (Å²) in [6.45, 7) is 3.13. The molecule has 3 aromatic heterocycles. The number of carbonyl (C=O) groups is 1. The molecule has 0 aliphatic rings. The Labute approximate surface area is 127 Å². The second-order valence-corrected chi connectivity index (χ2v) is 4.83. The van der Waals surface area contributed by atoms with Gasteiger partial charge in [-0.05, 0) is 25.1 Å². The highest BCUT2D eigenvalue weighted by Gasteiger charge is 2.10. The number of rotatable bonds is 5. The minimum atomic E-state index is -0.180. The molecule has 2 N–H and O–H groups in total. The summed E-state index contributed by atoms with van der Waals surface area (Å²) in [5.41, 5.74) is 2.00. The Morgan fingerprint density at radius 2 is 2.32 bits per heavy atom. The summed E-state index contributed by atoms with van der Waals surface area (Å²) < 4.78 is 1.98. The predicted octanol–water partition coefficient (Wildman–Crippen LogP) is 1.41. The molecule has 0 aliphatic heterocycles. The summed E-state index contributed by atoms with van der Waals surface area (Å²) in [6.07, 6.45) is 7.03. The lowest BCUT2D eigenvalue weighted by Crippen LogP contribution is -2.27. The van der Waals surface area contributed by atoms with Crippen molar-refractivity contribution in [2.45, 2.75) is 13.5 Å². The molecule has 0 bridgehead atoms. The van der Waals surface area contributed by atoms with Gasteiger partial charge in [0.25, 0.3) is 5.91 Å². The second-order valence-electron chi connectivity index (χ2n) is 4.83. The van der Waals surface area contributed by atoms with Gasteiger partial charge in [0.2, 0.25) is 0 Å². The first kappa shape index (κ1) is 14.0. The van der Waals surface area contributed by atoms with Gasteiger partial charge >= 0.3 is 0 Å². The minimum absolute atomic E-state index is 0.180. The number of nitrogens with one attached hydrogen (secondary N) is 2. The van der Waals surface area contributed by atoms with Crippen molar-refractivity contribution < 1.29 is 4.79 Å². The molecule has 3 aromatic rings. The van der Waals surface area contributed by atoms with E-state index in [0.717, 1.165) is 11.4 Å². The molecule has 7 nitrogen and oxygen atoms in total. The van der Waals surface area contributed by atoms with Crippen LogP contribution >= 0.6 is 0 Å². The molecular weight excluding hydrogens is 280 g/mol. The van der Waals surface area contributed by atoms with Crippen molar-refractivity contribution in [3.8, 4) is 11.3 Å². The summed E-state index contributed by atoms with van der Waals surface area (Å²) >= 11 is 0. The fourth-order valence-corrected chi connectivity index (χ4v) is 2.13. The van der Waals surface area contributed by atoms with Gasteiger partial charge in [-0.15, -0.1) is 0 Å². The molecule has 0 unspecified atom stereocenters. The van der Waals surface area contributed by atoms with Crippen molar-refractivity contribution in [3.63, 3.8) is 0 Å². The number of aromatic amines is 1. The van der Waals surface area contributed by atoms with E-state index in [2.05, 4.69) is 25.5 Å². The molecule has 0 fully saturated rings. The highest BCUT2D eigenvalue weighted by molar-refractivity contribution is 5.93. The van der Waals surface area contributed by atoms with Crippen molar-refractivity contribution >= 4 is 5.91 Å². The van der Waals surface area contributed by atoms with Gasteiger partial charge in [0, 0.05) is 43.4 Å². The van der Waals surface area contributed by atoms with E-state index in [-0.39, 0.29) is 5.91 Å². The number of amides is 1. The zero-order valence-corrected chi connectivity index (χ0v) is 12.2. The van der Waals surface area contributed by atoms with E-state index in [1.807, 2.05) is 29.8 Å². The van der Waals surface area contributed by atoms with Crippen molar-refractivity contribution in [1.82, 2.24) is 30.0 Å². The molecule has 0 aliphatic carbocycles. The van der Waals surface area contributed by atoms with Crippen LogP contribution in [0, 0.1) is 6.92 Å². The number of imidazole rings is 1. The van der Waals surface area contributed by atoms with E-state index in [4.69, 9.17) is 0 Å². The number of H-pyrrole nitrogens is 1. The molecule has 0 saturated heterocycles. The maximum Gasteiger partial charge on any atom is 0.269 e. The third kappa shape index (κ3) is 3.03. The normalized spacial score (nSPS) is 10.6. The standard InChI is InChI=1S/C15H16N6O/c1-11-17-5-7-21(11)8-6-18-15(22)14-9-13(19-20-14)12-3-2-4-16-10-12/h2-5,7,9-10H,6,8H2,1H3,(H,18,22)(H,19,20). The molecule has 0 radical (unpaired) electrons. The van der Waals surface area contributed by atoms with Gasteiger partial charge in [0.15, 0.2) is 0 Å². The number of hydrogen-bond acceptors (Lipinski definition) is 4. The first-order chi connectivity index (χ1) is 10.7. The van der Waals surface area contributed by atoms with Crippen molar-refractivity contribution in [1.29, 1.82) is 0 Å². The fourth-order valence-electron chi connectivity index (χ4n) is 2.13. The van der Waals surface area contributed by atoms with E-state index in [0.29, 0.717) is 24.5 Å². The molecule has 112 valence electrons. The molecule has 0 atom stereocenters. The monoisotopic (exact) mass is 296 g/mol. The summed E-state index contributed by atoms with van der Waals surface area (Å²) in [5, 5.41) is 9.74. The molecular formula is C15H16N6O. The summed E-state index contributed by atoms with van der Waals surface area (Å²) in [7, 11) is 0. The Morgan fingerprint density at radius 3 is 3.05 bits per heavy atom. The molecule has 1 amide bonds. The quantitative estimate of drug-likeness (QED) is 0.745. The highest BCUT2D eigenvalue weighted by atomic mass is 16.1. The van der Waals surface area contributed by atoms with Gasteiger partial charge in [-0.25, -0.2) is 4.98 Å². The van der Waals surface area contributed by atoms with Crippen LogP contribution in [-0.2, 0) is 6.54 Å².